The number of carbonyl (C=O) groups is 1. The van der Waals surface area contributed by atoms with Gasteiger partial charge in [-0.1, -0.05) is 0 Å². The van der Waals surface area contributed by atoms with Crippen LogP contribution < -0.4 is 19.5 Å². The molecular weight excluding hydrogens is 246 g/mol. The van der Waals surface area contributed by atoms with E-state index in [0.29, 0.717) is 22.8 Å². The Kier molecular flexibility index (Phi) is 4.90. The quantitative estimate of drug-likeness (QED) is 0.650. The minimum Gasteiger partial charge on any atom is -0.496 e. The maximum Gasteiger partial charge on any atom is 0.314 e. The van der Waals surface area contributed by atoms with E-state index in [4.69, 9.17) is 25.8 Å². The van der Waals surface area contributed by atoms with Gasteiger partial charge in [-0.2, -0.15) is 0 Å². The summed E-state index contributed by atoms with van der Waals surface area (Å²) >= 11 is 5.22. The second-order valence-corrected chi connectivity index (χ2v) is 3.48. The van der Waals surface area contributed by atoms with Gasteiger partial charge in [0.1, 0.15) is 17.2 Å². The maximum atomic E-state index is 10.7. The number of methoxy groups -OCH3 is 3. The molecule has 1 N–H and O–H groups in total. The van der Waals surface area contributed by atoms with E-state index in [1.165, 1.54) is 14.2 Å². The summed E-state index contributed by atoms with van der Waals surface area (Å²) in [7, 11) is 4.61. The van der Waals surface area contributed by atoms with Crippen LogP contribution in [0, 0.1) is 0 Å². The van der Waals surface area contributed by atoms with Gasteiger partial charge in [0.2, 0.25) is 0 Å². The second kappa shape index (κ2) is 6.20. The molecule has 5 nitrogen and oxygen atoms in total. The molecule has 0 spiro atoms. The minimum absolute atomic E-state index is 0.221. The molecule has 0 saturated carbocycles. The molecule has 0 bridgehead atoms. The highest BCUT2D eigenvalue weighted by atomic mass is 35.5. The van der Waals surface area contributed by atoms with Gasteiger partial charge in [-0.15, -0.1) is 0 Å². The molecule has 0 saturated heterocycles. The van der Waals surface area contributed by atoms with E-state index >= 15 is 0 Å². The van der Waals surface area contributed by atoms with Crippen LogP contribution in [0.2, 0.25) is 0 Å². The average molecular weight is 260 g/mol. The van der Waals surface area contributed by atoms with E-state index in [1.54, 1.807) is 19.2 Å². The van der Waals surface area contributed by atoms with Crippen molar-refractivity contribution in [2.45, 2.75) is 6.54 Å². The third-order valence-electron chi connectivity index (χ3n) is 2.22. The van der Waals surface area contributed by atoms with Gasteiger partial charge < -0.3 is 19.5 Å². The number of hydrogen-bond donors (Lipinski definition) is 1. The predicted octanol–water partition coefficient (Wildman–Crippen LogP) is 2.16. The Morgan fingerprint density at radius 1 is 1.18 bits per heavy atom. The lowest BCUT2D eigenvalue weighted by Crippen LogP contribution is -2.16. The molecule has 0 unspecified atom stereocenters. The molecule has 1 amide bonds. The summed E-state index contributed by atoms with van der Waals surface area (Å²) in [5.74, 6) is 1.73. The standard InChI is InChI=1S/C11H14ClNO4/c1-15-7-4-9(16-2)8(6-13-11(12)14)10(5-7)17-3/h4-5H,6H2,1-3H3,(H,13,14). The molecule has 17 heavy (non-hydrogen) atoms. The normalized spacial score (nSPS) is 9.65. The molecule has 1 aromatic rings. The molecule has 94 valence electrons. The highest BCUT2D eigenvalue weighted by molar-refractivity contribution is 6.62. The molecule has 0 fully saturated rings. The van der Waals surface area contributed by atoms with Crippen LogP contribution in [0.4, 0.5) is 4.79 Å². The Balaban J connectivity index is 3.10. The lowest BCUT2D eigenvalue weighted by Gasteiger charge is -2.14. The summed E-state index contributed by atoms with van der Waals surface area (Å²) in [5.41, 5.74) is 0.699. The molecule has 1 rings (SSSR count). The molecule has 6 heteroatoms. The minimum atomic E-state index is -0.634. The van der Waals surface area contributed by atoms with E-state index in [1.807, 2.05) is 0 Å². The van der Waals surface area contributed by atoms with Crippen LogP contribution >= 0.6 is 11.6 Å². The Hall–Kier alpha value is -1.62. The number of carbonyl (C=O) groups excluding carboxylic acids is 1. The number of amides is 1. The van der Waals surface area contributed by atoms with Crippen LogP contribution in [0.15, 0.2) is 12.1 Å². The molecule has 0 aliphatic carbocycles. The van der Waals surface area contributed by atoms with Crippen molar-refractivity contribution in [2.24, 2.45) is 0 Å². The van der Waals surface area contributed by atoms with Crippen molar-refractivity contribution in [2.75, 3.05) is 21.3 Å². The van der Waals surface area contributed by atoms with Crippen molar-refractivity contribution in [1.82, 2.24) is 5.32 Å². The molecule has 0 aliphatic heterocycles. The number of benzene rings is 1. The van der Waals surface area contributed by atoms with Crippen LogP contribution in [0.3, 0.4) is 0 Å². The van der Waals surface area contributed by atoms with E-state index in [9.17, 15) is 4.79 Å². The lowest BCUT2D eigenvalue weighted by atomic mass is 10.1. The molecule has 0 aromatic heterocycles. The highest BCUT2D eigenvalue weighted by Gasteiger charge is 2.13. The SMILES string of the molecule is COc1cc(OC)c(CNC(=O)Cl)c(OC)c1. The molecule has 0 radical (unpaired) electrons. The van der Waals surface area contributed by atoms with Gasteiger partial charge in [0.05, 0.1) is 33.4 Å². The fraction of sp³-hybridized carbons (Fsp3) is 0.364. The summed E-state index contributed by atoms with van der Waals surface area (Å²) in [6.45, 7) is 0.221. The van der Waals surface area contributed by atoms with E-state index in [2.05, 4.69) is 5.32 Å². The summed E-state index contributed by atoms with van der Waals surface area (Å²) < 4.78 is 15.5. The van der Waals surface area contributed by atoms with Crippen molar-refractivity contribution < 1.29 is 19.0 Å². The van der Waals surface area contributed by atoms with Crippen molar-refractivity contribution in [3.05, 3.63) is 17.7 Å². The number of hydrogen-bond acceptors (Lipinski definition) is 4. The first-order valence-electron chi connectivity index (χ1n) is 4.84. The Morgan fingerprint density at radius 2 is 1.71 bits per heavy atom. The van der Waals surface area contributed by atoms with Crippen LogP contribution in [-0.4, -0.2) is 26.7 Å². The molecule has 0 heterocycles. The van der Waals surface area contributed by atoms with Gasteiger partial charge in [0.15, 0.2) is 0 Å². The Morgan fingerprint density at radius 3 is 2.06 bits per heavy atom. The maximum absolute atomic E-state index is 10.7. The Labute approximate surface area is 105 Å². The van der Waals surface area contributed by atoms with Crippen LogP contribution in [0.25, 0.3) is 0 Å². The van der Waals surface area contributed by atoms with E-state index < -0.39 is 5.37 Å². The zero-order valence-electron chi connectivity index (χ0n) is 9.87. The van der Waals surface area contributed by atoms with Gasteiger partial charge in [-0.25, -0.2) is 0 Å². The Bertz CT molecular complexity index is 383. The fourth-order valence-corrected chi connectivity index (χ4v) is 1.48. The van der Waals surface area contributed by atoms with Crippen LogP contribution in [0.5, 0.6) is 17.2 Å². The fourth-order valence-electron chi connectivity index (χ4n) is 1.41. The topological polar surface area (TPSA) is 56.8 Å². The number of ether oxygens (including phenoxy) is 3. The number of nitrogens with one attached hydrogen (secondary N) is 1. The smallest absolute Gasteiger partial charge is 0.314 e. The average Bonchev–Trinajstić information content (AvgIpc) is 2.34. The van der Waals surface area contributed by atoms with Crippen molar-refractivity contribution in [1.29, 1.82) is 0 Å². The zero-order valence-corrected chi connectivity index (χ0v) is 10.6. The first kappa shape index (κ1) is 13.4. The van der Waals surface area contributed by atoms with E-state index in [0.717, 1.165) is 0 Å². The van der Waals surface area contributed by atoms with Gasteiger partial charge in [-0.05, 0) is 11.6 Å². The van der Waals surface area contributed by atoms with Gasteiger partial charge >= 0.3 is 5.37 Å². The summed E-state index contributed by atoms with van der Waals surface area (Å²) in [4.78, 5) is 10.7. The lowest BCUT2D eigenvalue weighted by molar-refractivity contribution is 0.259. The predicted molar refractivity (Wildman–Crippen MR) is 64.2 cm³/mol. The molecular formula is C11H14ClNO4. The largest absolute Gasteiger partial charge is 0.496 e. The molecule has 1 aromatic carbocycles. The van der Waals surface area contributed by atoms with Gasteiger partial charge in [0, 0.05) is 12.1 Å². The number of halogens is 1. The second-order valence-electron chi connectivity index (χ2n) is 3.14. The summed E-state index contributed by atoms with van der Waals surface area (Å²) in [6.07, 6.45) is 0. The van der Waals surface area contributed by atoms with Crippen molar-refractivity contribution in [3.8, 4) is 17.2 Å². The third kappa shape index (κ3) is 3.42. The summed E-state index contributed by atoms with van der Waals surface area (Å²) in [6, 6.07) is 3.41. The van der Waals surface area contributed by atoms with Crippen molar-refractivity contribution in [3.63, 3.8) is 0 Å². The first-order valence-corrected chi connectivity index (χ1v) is 5.22. The summed E-state index contributed by atoms with van der Waals surface area (Å²) in [5, 5.41) is 1.84. The van der Waals surface area contributed by atoms with Gasteiger partial charge in [-0.3, -0.25) is 4.79 Å². The van der Waals surface area contributed by atoms with Crippen LogP contribution in [0.1, 0.15) is 5.56 Å². The zero-order chi connectivity index (χ0) is 12.8. The molecule has 0 aliphatic rings. The molecule has 0 atom stereocenters. The van der Waals surface area contributed by atoms with Gasteiger partial charge in [0.25, 0.3) is 0 Å². The van der Waals surface area contributed by atoms with Crippen molar-refractivity contribution >= 4 is 17.0 Å². The third-order valence-corrected chi connectivity index (χ3v) is 2.35. The highest BCUT2D eigenvalue weighted by Crippen LogP contribution is 2.33. The van der Waals surface area contributed by atoms with E-state index in [-0.39, 0.29) is 6.54 Å². The first-order chi connectivity index (χ1) is 8.12. The van der Waals surface area contributed by atoms with Crippen LogP contribution in [-0.2, 0) is 6.54 Å². The number of rotatable bonds is 5. The monoisotopic (exact) mass is 259 g/mol.